The van der Waals surface area contributed by atoms with Crippen LogP contribution in [0, 0.1) is 0 Å². The number of para-hydroxylation sites is 1. The lowest BCUT2D eigenvalue weighted by Gasteiger charge is -2.20. The van der Waals surface area contributed by atoms with Gasteiger partial charge in [0.25, 0.3) is 6.43 Å². The molecule has 3 aromatic rings. The highest BCUT2D eigenvalue weighted by Gasteiger charge is 2.17. The fourth-order valence-electron chi connectivity index (χ4n) is 2.30. The fourth-order valence-corrected chi connectivity index (χ4v) is 2.30. The number of hydrogen-bond acceptors (Lipinski definition) is 4. The van der Waals surface area contributed by atoms with E-state index in [-0.39, 0.29) is 0 Å². The highest BCUT2D eigenvalue weighted by atomic mass is 19.3. The minimum Gasteiger partial charge on any atom is -0.352 e. The van der Waals surface area contributed by atoms with Gasteiger partial charge in [0.05, 0.1) is 12.1 Å². The van der Waals surface area contributed by atoms with Crippen molar-refractivity contribution >= 4 is 16.7 Å². The number of benzene rings is 1. The third kappa shape index (κ3) is 2.61. The maximum Gasteiger partial charge on any atom is 0.297 e. The van der Waals surface area contributed by atoms with Gasteiger partial charge in [-0.3, -0.25) is 0 Å². The van der Waals surface area contributed by atoms with E-state index in [0.29, 0.717) is 17.9 Å². The predicted molar refractivity (Wildman–Crippen MR) is 79.8 cm³/mol. The molecule has 0 spiro atoms. The maximum atomic E-state index is 13.0. The maximum absolute atomic E-state index is 13.0. The highest BCUT2D eigenvalue weighted by Crippen LogP contribution is 2.27. The van der Waals surface area contributed by atoms with Gasteiger partial charge in [-0.25, -0.2) is 23.7 Å². The second kappa shape index (κ2) is 5.67. The molecule has 3 rings (SSSR count). The molecule has 0 unspecified atom stereocenters. The Hall–Kier alpha value is -2.57. The molecule has 2 heterocycles. The van der Waals surface area contributed by atoms with Crippen LogP contribution in [-0.4, -0.2) is 26.6 Å². The summed E-state index contributed by atoms with van der Waals surface area (Å²) in [5.41, 5.74) is 0.509. The van der Waals surface area contributed by atoms with Crippen molar-refractivity contribution in [2.45, 2.75) is 13.0 Å². The van der Waals surface area contributed by atoms with E-state index in [9.17, 15) is 8.78 Å². The van der Waals surface area contributed by atoms with E-state index < -0.39 is 12.2 Å². The normalized spacial score (nSPS) is 11.3. The van der Waals surface area contributed by atoms with Crippen molar-refractivity contribution in [2.75, 3.05) is 11.9 Å². The van der Waals surface area contributed by atoms with Gasteiger partial charge in [0.2, 0.25) is 0 Å². The molecular weight excluding hydrogens is 288 g/mol. The smallest absolute Gasteiger partial charge is 0.297 e. The number of alkyl halides is 2. The molecule has 5 nitrogen and oxygen atoms in total. The molecule has 22 heavy (non-hydrogen) atoms. The van der Waals surface area contributed by atoms with Crippen LogP contribution in [0.3, 0.4) is 0 Å². The number of nitrogens with zero attached hydrogens (tertiary/aromatic N) is 5. The predicted octanol–water partition coefficient (Wildman–Crippen LogP) is 2.94. The average Bonchev–Trinajstić information content (AvgIpc) is 2.91. The zero-order valence-electron chi connectivity index (χ0n) is 12.2. The number of rotatable bonds is 4. The molecular formula is C15H15F2N5. The summed E-state index contributed by atoms with van der Waals surface area (Å²) in [6.45, 7) is 0.465. The molecule has 0 aliphatic carbocycles. The summed E-state index contributed by atoms with van der Waals surface area (Å²) >= 11 is 0. The lowest BCUT2D eigenvalue weighted by molar-refractivity contribution is 0.141. The Labute approximate surface area is 126 Å². The topological polar surface area (TPSA) is 46.8 Å². The molecule has 2 aromatic heterocycles. The Kier molecular flexibility index (Phi) is 3.70. The molecule has 0 saturated heterocycles. The van der Waals surface area contributed by atoms with Crippen molar-refractivity contribution in [3.8, 4) is 0 Å². The molecule has 0 aliphatic rings. The van der Waals surface area contributed by atoms with Gasteiger partial charge in [0.1, 0.15) is 11.6 Å². The first-order chi connectivity index (χ1) is 10.6. The SMILES string of the molecule is CN(Cc1nccn1C)c1nc(C(F)F)nc2ccccc12. The summed E-state index contributed by atoms with van der Waals surface area (Å²) < 4.78 is 27.9. The minimum absolute atomic E-state index is 0.458. The van der Waals surface area contributed by atoms with E-state index in [1.807, 2.05) is 29.9 Å². The molecule has 0 aliphatic heterocycles. The number of aryl methyl sites for hydroxylation is 1. The van der Waals surface area contributed by atoms with Crippen molar-refractivity contribution in [2.24, 2.45) is 7.05 Å². The zero-order valence-corrected chi connectivity index (χ0v) is 12.2. The molecule has 0 bridgehead atoms. The Morgan fingerprint density at radius 2 is 2.00 bits per heavy atom. The zero-order chi connectivity index (χ0) is 15.7. The first kappa shape index (κ1) is 14.4. The average molecular weight is 303 g/mol. The fraction of sp³-hybridized carbons (Fsp3) is 0.267. The van der Waals surface area contributed by atoms with E-state index in [1.165, 1.54) is 0 Å². The summed E-state index contributed by atoms with van der Waals surface area (Å²) in [5.74, 6) is 0.841. The molecule has 0 amide bonds. The van der Waals surface area contributed by atoms with Crippen LogP contribution < -0.4 is 4.90 Å². The van der Waals surface area contributed by atoms with E-state index >= 15 is 0 Å². The number of imidazole rings is 1. The van der Waals surface area contributed by atoms with Crippen molar-refractivity contribution in [3.63, 3.8) is 0 Å². The van der Waals surface area contributed by atoms with E-state index in [2.05, 4.69) is 15.0 Å². The van der Waals surface area contributed by atoms with Gasteiger partial charge in [0.15, 0.2) is 5.82 Å². The quantitative estimate of drug-likeness (QED) is 0.743. The van der Waals surface area contributed by atoms with E-state index in [4.69, 9.17) is 0 Å². The lowest BCUT2D eigenvalue weighted by Crippen LogP contribution is -2.21. The summed E-state index contributed by atoms with van der Waals surface area (Å²) in [7, 11) is 3.69. The Morgan fingerprint density at radius 3 is 2.68 bits per heavy atom. The number of fused-ring (bicyclic) bond motifs is 1. The summed E-state index contributed by atoms with van der Waals surface area (Å²) in [4.78, 5) is 14.0. The number of aromatic nitrogens is 4. The van der Waals surface area contributed by atoms with Crippen LogP contribution in [0.5, 0.6) is 0 Å². The first-order valence-corrected chi connectivity index (χ1v) is 6.78. The number of hydrogen-bond donors (Lipinski definition) is 0. The Morgan fingerprint density at radius 1 is 1.23 bits per heavy atom. The molecule has 1 aromatic carbocycles. The Balaban J connectivity index is 2.06. The molecule has 0 atom stereocenters. The monoisotopic (exact) mass is 303 g/mol. The summed E-state index contributed by atoms with van der Waals surface area (Å²) in [6.07, 6.45) is 0.836. The standard InChI is InChI=1S/C15H15F2N5/c1-21-8-7-18-12(21)9-22(2)15-10-5-3-4-6-11(10)19-14(20-15)13(16)17/h3-8,13H,9H2,1-2H3. The van der Waals surface area contributed by atoms with Gasteiger partial charge in [0, 0.05) is 31.9 Å². The molecule has 114 valence electrons. The van der Waals surface area contributed by atoms with Crippen molar-refractivity contribution < 1.29 is 8.78 Å². The van der Waals surface area contributed by atoms with E-state index in [1.54, 1.807) is 30.3 Å². The number of halogens is 2. The van der Waals surface area contributed by atoms with Crippen LogP contribution >= 0.6 is 0 Å². The molecule has 7 heteroatoms. The lowest BCUT2D eigenvalue weighted by atomic mass is 10.2. The van der Waals surface area contributed by atoms with Crippen LogP contribution in [0.15, 0.2) is 36.7 Å². The van der Waals surface area contributed by atoms with Crippen molar-refractivity contribution in [3.05, 3.63) is 48.3 Å². The second-order valence-electron chi connectivity index (χ2n) is 5.03. The molecule has 0 fully saturated rings. The van der Waals surface area contributed by atoms with Gasteiger partial charge in [-0.05, 0) is 12.1 Å². The summed E-state index contributed by atoms with van der Waals surface area (Å²) in [6, 6.07) is 7.15. The highest BCUT2D eigenvalue weighted by molar-refractivity contribution is 5.89. The molecule has 0 radical (unpaired) electrons. The van der Waals surface area contributed by atoms with Crippen LogP contribution in [-0.2, 0) is 13.6 Å². The van der Waals surface area contributed by atoms with Gasteiger partial charge in [-0.1, -0.05) is 12.1 Å². The van der Waals surface area contributed by atoms with Crippen LogP contribution in [0.25, 0.3) is 10.9 Å². The van der Waals surface area contributed by atoms with Crippen molar-refractivity contribution in [1.29, 1.82) is 0 Å². The molecule has 0 N–H and O–H groups in total. The second-order valence-corrected chi connectivity index (χ2v) is 5.03. The largest absolute Gasteiger partial charge is 0.352 e. The van der Waals surface area contributed by atoms with Crippen molar-refractivity contribution in [1.82, 2.24) is 19.5 Å². The molecule has 0 saturated carbocycles. The van der Waals surface area contributed by atoms with Crippen LogP contribution in [0.1, 0.15) is 18.1 Å². The number of anilines is 1. The van der Waals surface area contributed by atoms with Gasteiger partial charge in [-0.15, -0.1) is 0 Å². The van der Waals surface area contributed by atoms with Crippen LogP contribution in [0.2, 0.25) is 0 Å². The Bertz CT molecular complexity index is 799. The third-order valence-electron chi connectivity index (χ3n) is 3.46. The van der Waals surface area contributed by atoms with Gasteiger partial charge >= 0.3 is 0 Å². The summed E-state index contributed by atoms with van der Waals surface area (Å²) in [5, 5.41) is 0.739. The van der Waals surface area contributed by atoms with Gasteiger partial charge < -0.3 is 9.47 Å². The third-order valence-corrected chi connectivity index (χ3v) is 3.46. The van der Waals surface area contributed by atoms with E-state index in [0.717, 1.165) is 11.2 Å². The minimum atomic E-state index is -2.70. The first-order valence-electron chi connectivity index (χ1n) is 6.78. The van der Waals surface area contributed by atoms with Gasteiger partial charge in [-0.2, -0.15) is 0 Å². The van der Waals surface area contributed by atoms with Crippen LogP contribution in [0.4, 0.5) is 14.6 Å².